The quantitative estimate of drug-likeness (QED) is 0.893. The number of fused-ring (bicyclic) bond motifs is 1. The van der Waals surface area contributed by atoms with Crippen LogP contribution < -0.4 is 14.8 Å². The monoisotopic (exact) mass is 371 g/mol. The van der Waals surface area contributed by atoms with Crippen LogP contribution in [0, 0.1) is 0 Å². The summed E-state index contributed by atoms with van der Waals surface area (Å²) in [7, 11) is 3.43. The van der Waals surface area contributed by atoms with Crippen molar-refractivity contribution in [3.05, 3.63) is 29.8 Å². The summed E-state index contributed by atoms with van der Waals surface area (Å²) < 4.78 is 13.1. The van der Waals surface area contributed by atoms with Crippen LogP contribution in [0.4, 0.5) is 4.79 Å². The predicted octanol–water partition coefficient (Wildman–Crippen LogP) is 2.47. The molecule has 1 aliphatic carbocycles. The smallest absolute Gasteiger partial charge is 0.317 e. The average molecular weight is 371 g/mol. The van der Waals surface area contributed by atoms with E-state index in [1.807, 2.05) is 22.9 Å². The van der Waals surface area contributed by atoms with E-state index in [-0.39, 0.29) is 6.03 Å². The fraction of sp³-hybridized carbons (Fsp3) is 0.526. The Morgan fingerprint density at radius 2 is 1.96 bits per heavy atom. The molecule has 4 rings (SSSR count). The van der Waals surface area contributed by atoms with Crippen molar-refractivity contribution in [2.45, 2.75) is 38.1 Å². The van der Waals surface area contributed by atoms with Crippen molar-refractivity contribution in [1.29, 1.82) is 0 Å². The maximum atomic E-state index is 11.9. The predicted molar refractivity (Wildman–Crippen MR) is 99.5 cm³/mol. The Kier molecular flexibility index (Phi) is 4.87. The minimum absolute atomic E-state index is 0.158. The Labute approximate surface area is 158 Å². The third kappa shape index (κ3) is 3.70. The molecule has 0 bridgehead atoms. The molecule has 8 nitrogen and oxygen atoms in total. The molecule has 0 atom stereocenters. The highest BCUT2D eigenvalue weighted by atomic mass is 16.6. The number of nitrogens with zero attached hydrogens (tertiary/aromatic N) is 4. The summed E-state index contributed by atoms with van der Waals surface area (Å²) in [5.74, 6) is 3.41. The van der Waals surface area contributed by atoms with E-state index in [1.54, 1.807) is 14.1 Å². The molecule has 2 amide bonds. The van der Waals surface area contributed by atoms with Crippen molar-refractivity contribution >= 4 is 6.03 Å². The lowest BCUT2D eigenvalue weighted by molar-refractivity contribution is 0.171. The molecule has 2 aliphatic rings. The van der Waals surface area contributed by atoms with Gasteiger partial charge in [-0.3, -0.25) is 0 Å². The molecule has 2 aromatic rings. The fourth-order valence-electron chi connectivity index (χ4n) is 3.52. The lowest BCUT2D eigenvalue weighted by atomic mass is 10.1. The zero-order chi connectivity index (χ0) is 18.8. The highest BCUT2D eigenvalue weighted by Crippen LogP contribution is 2.34. The Balaban J connectivity index is 1.65. The van der Waals surface area contributed by atoms with Crippen LogP contribution in [-0.4, -0.2) is 53.0 Å². The molecule has 1 aliphatic heterocycles. The average Bonchev–Trinajstić information content (AvgIpc) is 3.35. The van der Waals surface area contributed by atoms with Gasteiger partial charge in [0.25, 0.3) is 0 Å². The number of carbonyl (C=O) groups is 1. The first-order valence-electron chi connectivity index (χ1n) is 9.43. The number of aromatic nitrogens is 3. The second kappa shape index (κ2) is 7.46. The Morgan fingerprint density at radius 3 is 2.70 bits per heavy atom. The number of ether oxygens (including phenoxy) is 2. The number of urea groups is 1. The normalized spacial score (nSPS) is 16.4. The van der Waals surface area contributed by atoms with Crippen molar-refractivity contribution in [3.8, 4) is 17.2 Å². The Hall–Kier alpha value is -2.77. The Morgan fingerprint density at radius 1 is 1.22 bits per heavy atom. The van der Waals surface area contributed by atoms with Gasteiger partial charge < -0.3 is 19.7 Å². The zero-order valence-electron chi connectivity index (χ0n) is 15.8. The lowest BCUT2D eigenvalue weighted by Gasteiger charge is -2.19. The summed E-state index contributed by atoms with van der Waals surface area (Å²) in [5, 5.41) is 7.66. The van der Waals surface area contributed by atoms with E-state index in [1.165, 1.54) is 17.7 Å². The minimum Gasteiger partial charge on any atom is -0.486 e. The second-order valence-corrected chi connectivity index (χ2v) is 7.16. The second-order valence-electron chi connectivity index (χ2n) is 7.16. The topological polar surface area (TPSA) is 81.5 Å². The number of carbonyl (C=O) groups excluding carboxylic acids is 1. The van der Waals surface area contributed by atoms with Crippen LogP contribution in [0.3, 0.4) is 0 Å². The molecule has 144 valence electrons. The van der Waals surface area contributed by atoms with Crippen molar-refractivity contribution in [1.82, 2.24) is 25.0 Å². The molecular weight excluding hydrogens is 346 g/mol. The summed E-state index contributed by atoms with van der Waals surface area (Å²) in [6.07, 6.45) is 4.68. The van der Waals surface area contributed by atoms with Crippen LogP contribution in [0.15, 0.2) is 18.2 Å². The molecule has 0 spiro atoms. The van der Waals surface area contributed by atoms with Gasteiger partial charge in [-0.15, -0.1) is 0 Å². The molecule has 8 heteroatoms. The third-order valence-electron chi connectivity index (χ3n) is 4.99. The summed E-state index contributed by atoms with van der Waals surface area (Å²) in [5.41, 5.74) is 0.852. The van der Waals surface area contributed by atoms with Gasteiger partial charge in [-0.25, -0.2) is 14.5 Å². The van der Waals surface area contributed by atoms with Crippen LogP contribution in [0.1, 0.15) is 43.3 Å². The van der Waals surface area contributed by atoms with Gasteiger partial charge in [-0.05, 0) is 25.0 Å². The number of amides is 2. The van der Waals surface area contributed by atoms with Crippen molar-refractivity contribution in [3.63, 3.8) is 0 Å². The molecule has 1 N–H and O–H groups in total. The molecule has 1 aromatic carbocycles. The first-order chi connectivity index (χ1) is 13.1. The number of hydrogen-bond acceptors (Lipinski definition) is 5. The first-order valence-corrected chi connectivity index (χ1v) is 9.43. The minimum atomic E-state index is -0.158. The molecule has 1 fully saturated rings. The van der Waals surface area contributed by atoms with E-state index in [9.17, 15) is 4.79 Å². The van der Waals surface area contributed by atoms with Crippen LogP contribution in [0.2, 0.25) is 0 Å². The maximum Gasteiger partial charge on any atom is 0.317 e. The summed E-state index contributed by atoms with van der Waals surface area (Å²) in [6, 6.07) is 5.59. The maximum absolute atomic E-state index is 11.9. The Bertz CT molecular complexity index is 827. The highest BCUT2D eigenvalue weighted by Gasteiger charge is 2.24. The van der Waals surface area contributed by atoms with Crippen molar-refractivity contribution < 1.29 is 14.3 Å². The van der Waals surface area contributed by atoms with Crippen LogP contribution in [0.5, 0.6) is 11.5 Å². The molecule has 1 saturated carbocycles. The van der Waals surface area contributed by atoms with Gasteiger partial charge in [0.05, 0.1) is 12.2 Å². The highest BCUT2D eigenvalue weighted by molar-refractivity contribution is 5.73. The molecule has 27 heavy (non-hydrogen) atoms. The van der Waals surface area contributed by atoms with Gasteiger partial charge in [0.2, 0.25) is 0 Å². The van der Waals surface area contributed by atoms with Crippen molar-refractivity contribution in [2.75, 3.05) is 27.3 Å². The fourth-order valence-corrected chi connectivity index (χ4v) is 3.52. The summed E-state index contributed by atoms with van der Waals surface area (Å²) in [6.45, 7) is 1.40. The number of benzene rings is 1. The van der Waals surface area contributed by atoms with Gasteiger partial charge in [0.1, 0.15) is 13.2 Å². The van der Waals surface area contributed by atoms with Gasteiger partial charge in [0, 0.05) is 26.1 Å². The van der Waals surface area contributed by atoms with E-state index in [0.29, 0.717) is 37.3 Å². The van der Waals surface area contributed by atoms with E-state index in [0.717, 1.165) is 30.1 Å². The van der Waals surface area contributed by atoms with E-state index in [4.69, 9.17) is 19.6 Å². The van der Waals surface area contributed by atoms with E-state index in [2.05, 4.69) is 5.32 Å². The number of hydrogen-bond donors (Lipinski definition) is 1. The van der Waals surface area contributed by atoms with Gasteiger partial charge in [-0.1, -0.05) is 12.8 Å². The van der Waals surface area contributed by atoms with Crippen LogP contribution in [-0.2, 0) is 6.54 Å². The largest absolute Gasteiger partial charge is 0.486 e. The summed E-state index contributed by atoms with van der Waals surface area (Å²) in [4.78, 5) is 18.2. The zero-order valence-corrected chi connectivity index (χ0v) is 15.8. The standard InChI is InChI=1S/C19H25N5O3/c1-23(2)19(25)20-12-17-21-18(13-5-3-4-6-13)22-24(17)14-7-8-15-16(11-14)27-10-9-26-15/h7-8,11,13H,3-6,9-10,12H2,1-2H3,(H,20,25). The molecule has 1 aromatic heterocycles. The molecule has 2 heterocycles. The van der Waals surface area contributed by atoms with E-state index >= 15 is 0 Å². The SMILES string of the molecule is CN(C)C(=O)NCc1nc(C2CCCC2)nn1-c1ccc2c(c1)OCCO2. The lowest BCUT2D eigenvalue weighted by Crippen LogP contribution is -2.34. The van der Waals surface area contributed by atoms with E-state index < -0.39 is 0 Å². The first kappa shape index (κ1) is 17.6. The van der Waals surface area contributed by atoms with Gasteiger partial charge in [-0.2, -0.15) is 5.10 Å². The van der Waals surface area contributed by atoms with Gasteiger partial charge in [0.15, 0.2) is 23.1 Å². The number of rotatable bonds is 4. The molecular formula is C19H25N5O3. The van der Waals surface area contributed by atoms with Gasteiger partial charge >= 0.3 is 6.03 Å². The summed E-state index contributed by atoms with van der Waals surface area (Å²) >= 11 is 0. The van der Waals surface area contributed by atoms with Crippen molar-refractivity contribution in [2.24, 2.45) is 0 Å². The number of nitrogens with one attached hydrogen (secondary N) is 1. The molecule has 0 unspecified atom stereocenters. The molecule has 0 saturated heterocycles. The third-order valence-corrected chi connectivity index (χ3v) is 4.99. The van der Waals surface area contributed by atoms with Crippen LogP contribution >= 0.6 is 0 Å². The molecule has 0 radical (unpaired) electrons. The van der Waals surface area contributed by atoms with Crippen LogP contribution in [0.25, 0.3) is 5.69 Å².